The van der Waals surface area contributed by atoms with Crippen molar-refractivity contribution in [2.75, 3.05) is 20.0 Å². The van der Waals surface area contributed by atoms with Crippen LogP contribution in [0.15, 0.2) is 81.1 Å². The van der Waals surface area contributed by atoms with Gasteiger partial charge in [0.25, 0.3) is 5.56 Å². The second kappa shape index (κ2) is 13.9. The molecule has 1 aliphatic rings. The Bertz CT molecular complexity index is 2040. The van der Waals surface area contributed by atoms with Crippen LogP contribution in [0.2, 0.25) is 0 Å². The molecule has 0 fully saturated rings. The third-order valence-electron chi connectivity index (χ3n) is 7.75. The summed E-state index contributed by atoms with van der Waals surface area (Å²) in [6.07, 6.45) is 1.63. The normalized spacial score (nSPS) is 12.3. The average molecular weight is 699 g/mol. The van der Waals surface area contributed by atoms with Gasteiger partial charge in [-0.25, -0.2) is 4.98 Å². The van der Waals surface area contributed by atoms with Crippen molar-refractivity contribution >= 4 is 33.0 Å². The zero-order valence-corrected chi connectivity index (χ0v) is 28.6. The number of halogens is 1. The predicted octanol–water partition coefficient (Wildman–Crippen LogP) is 8.25. The summed E-state index contributed by atoms with van der Waals surface area (Å²) in [7, 11) is 0. The van der Waals surface area contributed by atoms with E-state index < -0.39 is 0 Å². The van der Waals surface area contributed by atoms with E-state index in [0.717, 1.165) is 33.8 Å². The molecule has 6 rings (SSSR count). The summed E-state index contributed by atoms with van der Waals surface area (Å²) in [5.41, 5.74) is 4.72. The zero-order chi connectivity index (χ0) is 33.1. The van der Waals surface area contributed by atoms with E-state index in [1.807, 2.05) is 75.4 Å². The number of ether oxygens (including phenoxy) is 5. The highest BCUT2D eigenvalue weighted by molar-refractivity contribution is 9.10. The van der Waals surface area contributed by atoms with E-state index in [4.69, 9.17) is 33.8 Å². The van der Waals surface area contributed by atoms with Gasteiger partial charge in [-0.1, -0.05) is 32.0 Å². The summed E-state index contributed by atoms with van der Waals surface area (Å²) in [4.78, 5) is 18.9. The van der Waals surface area contributed by atoms with Crippen LogP contribution in [0.5, 0.6) is 28.7 Å². The van der Waals surface area contributed by atoms with Crippen LogP contribution in [0.3, 0.4) is 0 Å². The van der Waals surface area contributed by atoms with Gasteiger partial charge in [0.15, 0.2) is 28.8 Å². The lowest BCUT2D eigenvalue weighted by atomic mass is 9.96. The molecule has 9 nitrogen and oxygen atoms in total. The van der Waals surface area contributed by atoms with Gasteiger partial charge in [0.2, 0.25) is 6.79 Å². The molecule has 0 spiro atoms. The van der Waals surface area contributed by atoms with E-state index >= 15 is 0 Å². The molecule has 47 heavy (non-hydrogen) atoms. The third kappa shape index (κ3) is 6.69. The Morgan fingerprint density at radius 3 is 2.51 bits per heavy atom. The van der Waals surface area contributed by atoms with Crippen LogP contribution in [0.1, 0.15) is 55.9 Å². The highest BCUT2D eigenvalue weighted by Gasteiger charge is 2.20. The molecule has 0 saturated carbocycles. The Kier molecular flexibility index (Phi) is 9.49. The Balaban J connectivity index is 1.39. The molecule has 0 bridgehead atoms. The summed E-state index contributed by atoms with van der Waals surface area (Å²) in [6, 6.07) is 20.8. The number of benzene rings is 4. The van der Waals surface area contributed by atoms with Gasteiger partial charge in [-0.05, 0) is 113 Å². The molecule has 0 unspecified atom stereocenters. The minimum Gasteiger partial charge on any atom is -0.494 e. The van der Waals surface area contributed by atoms with Crippen LogP contribution in [0.4, 0.5) is 0 Å². The van der Waals surface area contributed by atoms with Gasteiger partial charge in [0.05, 0.1) is 34.8 Å². The van der Waals surface area contributed by atoms with Crippen LogP contribution in [-0.2, 0) is 6.61 Å². The molecule has 0 radical (unpaired) electrons. The molecule has 242 valence electrons. The molecule has 5 aromatic rings. The second-order valence-corrected chi connectivity index (χ2v) is 12.2. The maximum Gasteiger partial charge on any atom is 0.282 e. The van der Waals surface area contributed by atoms with Crippen molar-refractivity contribution in [2.24, 2.45) is 5.10 Å². The third-order valence-corrected chi connectivity index (χ3v) is 8.34. The van der Waals surface area contributed by atoms with Crippen LogP contribution < -0.4 is 29.2 Å². The molecule has 4 aromatic carbocycles. The standard InChI is InChI=1S/C37H36BrN3O6/c1-6-43-32-14-23(5)28(18-27(32)22(3)4)36-40-30-11-9-8-10-26(30)37(42)41(36)39-19-25-15-29(38)35(34(17-25)44-7-2)45-20-24-12-13-31-33(16-24)47-21-46-31/h8-19,22H,6-7,20-21H2,1-5H3. The van der Waals surface area contributed by atoms with Gasteiger partial charge < -0.3 is 23.7 Å². The summed E-state index contributed by atoms with van der Waals surface area (Å²) in [6.45, 7) is 11.6. The minimum atomic E-state index is -0.269. The van der Waals surface area contributed by atoms with Gasteiger partial charge in [0.1, 0.15) is 12.4 Å². The van der Waals surface area contributed by atoms with E-state index in [-0.39, 0.29) is 18.3 Å². The fourth-order valence-corrected chi connectivity index (χ4v) is 6.03. The number of fused-ring (bicyclic) bond motifs is 2. The number of rotatable bonds is 11. The quantitative estimate of drug-likeness (QED) is 0.128. The maximum absolute atomic E-state index is 13.9. The molecule has 0 atom stereocenters. The van der Waals surface area contributed by atoms with E-state index in [1.165, 1.54) is 4.68 Å². The molecular formula is C37H36BrN3O6. The first kappa shape index (κ1) is 32.1. The summed E-state index contributed by atoms with van der Waals surface area (Å²) >= 11 is 3.66. The maximum atomic E-state index is 13.9. The molecular weight excluding hydrogens is 662 g/mol. The Morgan fingerprint density at radius 2 is 1.72 bits per heavy atom. The smallest absolute Gasteiger partial charge is 0.282 e. The molecule has 0 N–H and O–H groups in total. The van der Waals surface area contributed by atoms with Crippen molar-refractivity contribution in [3.8, 4) is 40.1 Å². The minimum absolute atomic E-state index is 0.195. The highest BCUT2D eigenvalue weighted by Crippen LogP contribution is 2.39. The Labute approximate surface area is 281 Å². The van der Waals surface area contributed by atoms with Crippen molar-refractivity contribution in [2.45, 2.75) is 47.1 Å². The topological polar surface area (TPSA) is 93.4 Å². The van der Waals surface area contributed by atoms with Crippen molar-refractivity contribution < 1.29 is 23.7 Å². The fraction of sp³-hybridized carbons (Fsp3) is 0.270. The first-order valence-electron chi connectivity index (χ1n) is 15.6. The largest absolute Gasteiger partial charge is 0.494 e. The fourth-order valence-electron chi connectivity index (χ4n) is 5.45. The SMILES string of the molecule is CCOc1cc(C)c(-c2nc3ccccc3c(=O)n2N=Cc2cc(Br)c(OCc3ccc4c(c3)OCO4)c(OCC)c2)cc1C(C)C. The Hall–Kier alpha value is -4.83. The molecule has 0 aliphatic carbocycles. The molecule has 0 saturated heterocycles. The van der Waals surface area contributed by atoms with Gasteiger partial charge >= 0.3 is 0 Å². The lowest BCUT2D eigenvalue weighted by Crippen LogP contribution is -2.21. The molecule has 10 heteroatoms. The summed E-state index contributed by atoms with van der Waals surface area (Å²) in [5.74, 6) is 3.97. The van der Waals surface area contributed by atoms with Crippen molar-refractivity contribution in [1.29, 1.82) is 0 Å². The number of aromatic nitrogens is 2. The van der Waals surface area contributed by atoms with Gasteiger partial charge in [-0.2, -0.15) is 9.78 Å². The molecule has 1 aromatic heterocycles. The van der Waals surface area contributed by atoms with Crippen molar-refractivity contribution in [1.82, 2.24) is 9.66 Å². The van der Waals surface area contributed by atoms with Gasteiger partial charge in [-0.15, -0.1) is 0 Å². The zero-order valence-electron chi connectivity index (χ0n) is 27.0. The first-order chi connectivity index (χ1) is 22.8. The van der Waals surface area contributed by atoms with Crippen LogP contribution in [0.25, 0.3) is 22.3 Å². The number of hydrogen-bond acceptors (Lipinski definition) is 8. The molecule has 1 aliphatic heterocycles. The van der Waals surface area contributed by atoms with E-state index in [0.29, 0.717) is 63.8 Å². The van der Waals surface area contributed by atoms with Crippen molar-refractivity contribution in [3.63, 3.8) is 0 Å². The predicted molar refractivity (Wildman–Crippen MR) is 187 cm³/mol. The number of para-hydroxylation sites is 1. The van der Waals surface area contributed by atoms with Crippen LogP contribution in [0, 0.1) is 6.92 Å². The van der Waals surface area contributed by atoms with Gasteiger partial charge in [-0.3, -0.25) is 4.79 Å². The number of nitrogens with zero attached hydrogens (tertiary/aromatic N) is 3. The van der Waals surface area contributed by atoms with Crippen LogP contribution in [-0.4, -0.2) is 35.9 Å². The van der Waals surface area contributed by atoms with Crippen LogP contribution >= 0.6 is 15.9 Å². The van der Waals surface area contributed by atoms with E-state index in [1.54, 1.807) is 12.3 Å². The number of hydrogen-bond donors (Lipinski definition) is 0. The van der Waals surface area contributed by atoms with E-state index in [2.05, 4.69) is 35.8 Å². The first-order valence-corrected chi connectivity index (χ1v) is 16.4. The second-order valence-electron chi connectivity index (χ2n) is 11.3. The highest BCUT2D eigenvalue weighted by atomic mass is 79.9. The van der Waals surface area contributed by atoms with Crippen molar-refractivity contribution in [3.05, 3.63) is 104 Å². The lowest BCUT2D eigenvalue weighted by molar-refractivity contribution is 0.174. The summed E-state index contributed by atoms with van der Waals surface area (Å²) in [5, 5.41) is 5.19. The summed E-state index contributed by atoms with van der Waals surface area (Å²) < 4.78 is 31.1. The molecule has 2 heterocycles. The van der Waals surface area contributed by atoms with E-state index in [9.17, 15) is 4.79 Å². The Morgan fingerprint density at radius 1 is 0.957 bits per heavy atom. The lowest BCUT2D eigenvalue weighted by Gasteiger charge is -2.18. The monoisotopic (exact) mass is 697 g/mol. The average Bonchev–Trinajstić information content (AvgIpc) is 3.52. The van der Waals surface area contributed by atoms with Gasteiger partial charge in [0, 0.05) is 5.56 Å². The molecule has 0 amide bonds. The number of aryl methyl sites for hydroxylation is 1.